The molecule has 0 spiro atoms. The quantitative estimate of drug-likeness (QED) is 0.758. The highest BCUT2D eigenvalue weighted by Crippen LogP contribution is 2.33. The fourth-order valence-electron chi connectivity index (χ4n) is 3.63. The SMILES string of the molecule is Cc1ccc(S(=O)(=O)N2CCC(c3nc(CNC(=O)C4CC4)cs3)CC2)cc1C. The summed E-state index contributed by atoms with van der Waals surface area (Å²) in [5, 5.41) is 5.99. The fourth-order valence-corrected chi connectivity index (χ4v) is 6.17. The van der Waals surface area contributed by atoms with Gasteiger partial charge >= 0.3 is 0 Å². The number of aromatic nitrogens is 1. The van der Waals surface area contributed by atoms with Crippen LogP contribution in [0.2, 0.25) is 0 Å². The van der Waals surface area contributed by atoms with Crippen LogP contribution in [0.25, 0.3) is 0 Å². The summed E-state index contributed by atoms with van der Waals surface area (Å²) in [6.07, 6.45) is 3.53. The Morgan fingerprint density at radius 2 is 1.90 bits per heavy atom. The van der Waals surface area contributed by atoms with Crippen LogP contribution in [-0.2, 0) is 21.4 Å². The normalized spacial score (nSPS) is 18.7. The monoisotopic (exact) mass is 433 g/mol. The summed E-state index contributed by atoms with van der Waals surface area (Å²) in [5.74, 6) is 0.611. The van der Waals surface area contributed by atoms with E-state index in [0.29, 0.717) is 24.5 Å². The number of piperidine rings is 1. The van der Waals surface area contributed by atoms with Gasteiger partial charge in [0.15, 0.2) is 0 Å². The second kappa shape index (κ2) is 8.16. The Kier molecular flexibility index (Phi) is 5.77. The Balaban J connectivity index is 1.35. The Morgan fingerprint density at radius 3 is 2.55 bits per heavy atom. The third-order valence-corrected chi connectivity index (χ3v) is 8.83. The van der Waals surface area contributed by atoms with Crippen LogP contribution in [0.4, 0.5) is 0 Å². The van der Waals surface area contributed by atoms with E-state index >= 15 is 0 Å². The van der Waals surface area contributed by atoms with Gasteiger partial charge in [-0.3, -0.25) is 4.79 Å². The number of hydrogen-bond acceptors (Lipinski definition) is 5. The molecule has 2 aliphatic rings. The maximum atomic E-state index is 13.0. The molecule has 1 amide bonds. The molecule has 8 heteroatoms. The fraction of sp³-hybridized carbons (Fsp3) is 0.524. The van der Waals surface area contributed by atoms with Crippen molar-refractivity contribution in [3.05, 3.63) is 45.4 Å². The summed E-state index contributed by atoms with van der Waals surface area (Å²) >= 11 is 1.61. The van der Waals surface area contributed by atoms with Crippen molar-refractivity contribution >= 4 is 27.3 Å². The zero-order chi connectivity index (χ0) is 20.6. The minimum atomic E-state index is -3.45. The third-order valence-electron chi connectivity index (χ3n) is 5.88. The highest BCUT2D eigenvalue weighted by molar-refractivity contribution is 7.89. The number of rotatable bonds is 6. The molecule has 2 fully saturated rings. The molecule has 1 aromatic heterocycles. The minimum Gasteiger partial charge on any atom is -0.350 e. The van der Waals surface area contributed by atoms with E-state index in [9.17, 15) is 13.2 Å². The zero-order valence-corrected chi connectivity index (χ0v) is 18.5. The molecule has 1 saturated heterocycles. The number of nitrogens with one attached hydrogen (secondary N) is 1. The maximum Gasteiger partial charge on any atom is 0.243 e. The number of carbonyl (C=O) groups excluding carboxylic acids is 1. The molecular weight excluding hydrogens is 406 g/mol. The van der Waals surface area contributed by atoms with E-state index in [1.54, 1.807) is 27.8 Å². The molecule has 4 rings (SSSR count). The van der Waals surface area contributed by atoms with E-state index in [1.165, 1.54) is 0 Å². The largest absolute Gasteiger partial charge is 0.350 e. The van der Waals surface area contributed by atoms with Crippen LogP contribution in [0, 0.1) is 19.8 Å². The van der Waals surface area contributed by atoms with Crippen LogP contribution in [0.1, 0.15) is 53.4 Å². The van der Waals surface area contributed by atoms with E-state index in [0.717, 1.165) is 47.5 Å². The summed E-state index contributed by atoms with van der Waals surface area (Å²) in [5.41, 5.74) is 2.98. The molecule has 1 N–H and O–H groups in total. The zero-order valence-electron chi connectivity index (χ0n) is 16.8. The van der Waals surface area contributed by atoms with E-state index < -0.39 is 10.0 Å². The van der Waals surface area contributed by atoms with Crippen molar-refractivity contribution in [2.45, 2.75) is 56.9 Å². The van der Waals surface area contributed by atoms with Gasteiger partial charge in [-0.1, -0.05) is 6.07 Å². The third kappa shape index (κ3) is 4.54. The number of sulfonamides is 1. The van der Waals surface area contributed by atoms with Gasteiger partial charge in [-0.15, -0.1) is 11.3 Å². The molecule has 1 aromatic carbocycles. The molecule has 2 aromatic rings. The van der Waals surface area contributed by atoms with Crippen LogP contribution in [0.5, 0.6) is 0 Å². The van der Waals surface area contributed by atoms with Crippen LogP contribution in [0.15, 0.2) is 28.5 Å². The highest BCUT2D eigenvalue weighted by Gasteiger charge is 2.32. The Bertz CT molecular complexity index is 1000. The average Bonchev–Trinajstić information content (AvgIpc) is 3.46. The first kappa shape index (κ1) is 20.5. The molecule has 156 valence electrons. The van der Waals surface area contributed by atoms with E-state index in [2.05, 4.69) is 10.3 Å². The van der Waals surface area contributed by atoms with Gasteiger partial charge in [0.1, 0.15) is 0 Å². The van der Waals surface area contributed by atoms with Gasteiger partial charge in [0.05, 0.1) is 22.1 Å². The lowest BCUT2D eigenvalue weighted by molar-refractivity contribution is -0.122. The van der Waals surface area contributed by atoms with Crippen LogP contribution < -0.4 is 5.32 Å². The van der Waals surface area contributed by atoms with Gasteiger partial charge < -0.3 is 5.32 Å². The van der Waals surface area contributed by atoms with E-state index in [-0.39, 0.29) is 17.7 Å². The number of nitrogens with zero attached hydrogens (tertiary/aromatic N) is 2. The predicted octanol–water partition coefficient (Wildman–Crippen LogP) is 3.35. The van der Waals surface area contributed by atoms with Gasteiger partial charge in [-0.2, -0.15) is 4.31 Å². The van der Waals surface area contributed by atoms with Gasteiger partial charge in [0.2, 0.25) is 15.9 Å². The maximum absolute atomic E-state index is 13.0. The highest BCUT2D eigenvalue weighted by atomic mass is 32.2. The van der Waals surface area contributed by atoms with Crippen molar-refractivity contribution < 1.29 is 13.2 Å². The number of amides is 1. The number of hydrogen-bond donors (Lipinski definition) is 1. The van der Waals surface area contributed by atoms with Crippen LogP contribution >= 0.6 is 11.3 Å². The number of benzene rings is 1. The summed E-state index contributed by atoms with van der Waals surface area (Å²) in [6, 6.07) is 5.33. The summed E-state index contributed by atoms with van der Waals surface area (Å²) in [7, 11) is -3.45. The van der Waals surface area contributed by atoms with Crippen molar-refractivity contribution in [1.29, 1.82) is 0 Å². The molecule has 0 atom stereocenters. The van der Waals surface area contributed by atoms with Gasteiger partial charge in [0.25, 0.3) is 0 Å². The van der Waals surface area contributed by atoms with Crippen LogP contribution in [-0.4, -0.2) is 36.7 Å². The van der Waals surface area contributed by atoms with Crippen molar-refractivity contribution in [2.24, 2.45) is 5.92 Å². The smallest absolute Gasteiger partial charge is 0.243 e. The molecule has 0 bridgehead atoms. The van der Waals surface area contributed by atoms with Crippen molar-refractivity contribution in [1.82, 2.24) is 14.6 Å². The average molecular weight is 434 g/mol. The lowest BCUT2D eigenvalue weighted by atomic mass is 9.99. The summed E-state index contributed by atoms with van der Waals surface area (Å²) < 4.78 is 27.6. The van der Waals surface area contributed by atoms with Crippen molar-refractivity contribution in [3.63, 3.8) is 0 Å². The van der Waals surface area contributed by atoms with Gasteiger partial charge in [-0.05, 0) is 62.8 Å². The van der Waals surface area contributed by atoms with Gasteiger partial charge in [0, 0.05) is 30.3 Å². The standard InChI is InChI=1S/C21H27N3O3S2/c1-14-3-6-19(11-15(14)2)29(26,27)24-9-7-17(8-10-24)21-23-18(13-28-21)12-22-20(25)16-4-5-16/h3,6,11,13,16-17H,4-5,7-10,12H2,1-2H3,(H,22,25). The molecule has 29 heavy (non-hydrogen) atoms. The molecule has 6 nitrogen and oxygen atoms in total. The molecule has 1 aliphatic heterocycles. The first-order valence-corrected chi connectivity index (χ1v) is 12.5. The van der Waals surface area contributed by atoms with Crippen molar-refractivity contribution in [3.8, 4) is 0 Å². The first-order chi connectivity index (χ1) is 13.8. The lowest BCUT2D eigenvalue weighted by Crippen LogP contribution is -2.37. The molecular formula is C21H27N3O3S2. The second-order valence-electron chi connectivity index (χ2n) is 8.09. The first-order valence-electron chi connectivity index (χ1n) is 10.1. The summed E-state index contributed by atoms with van der Waals surface area (Å²) in [6.45, 7) is 5.41. The summed E-state index contributed by atoms with van der Waals surface area (Å²) in [4.78, 5) is 16.8. The Labute approximate surface area is 176 Å². The lowest BCUT2D eigenvalue weighted by Gasteiger charge is -2.30. The molecule has 0 radical (unpaired) electrons. The Morgan fingerprint density at radius 1 is 1.17 bits per heavy atom. The molecule has 1 saturated carbocycles. The number of thiazole rings is 1. The molecule has 1 aliphatic carbocycles. The second-order valence-corrected chi connectivity index (χ2v) is 10.9. The van der Waals surface area contributed by atoms with Gasteiger partial charge in [-0.25, -0.2) is 13.4 Å². The number of carbonyl (C=O) groups is 1. The minimum absolute atomic E-state index is 0.129. The van der Waals surface area contributed by atoms with Crippen molar-refractivity contribution in [2.75, 3.05) is 13.1 Å². The number of aryl methyl sites for hydroxylation is 2. The molecule has 2 heterocycles. The Hall–Kier alpha value is -1.77. The van der Waals surface area contributed by atoms with E-state index in [1.807, 2.05) is 25.3 Å². The predicted molar refractivity (Wildman–Crippen MR) is 113 cm³/mol. The van der Waals surface area contributed by atoms with Crippen LogP contribution in [0.3, 0.4) is 0 Å². The van der Waals surface area contributed by atoms with E-state index in [4.69, 9.17) is 0 Å². The topological polar surface area (TPSA) is 79.4 Å². The molecule has 0 unspecified atom stereocenters.